The van der Waals surface area contributed by atoms with Crippen molar-refractivity contribution < 1.29 is 14.2 Å². The van der Waals surface area contributed by atoms with Gasteiger partial charge in [-0.2, -0.15) is 0 Å². The molecule has 0 N–H and O–H groups in total. The fourth-order valence-electron chi connectivity index (χ4n) is 1.47. The lowest BCUT2D eigenvalue weighted by Crippen LogP contribution is -2.05. The topological polar surface area (TPSA) is 31.0 Å². The van der Waals surface area contributed by atoms with E-state index in [1.807, 2.05) is 24.3 Å². The summed E-state index contributed by atoms with van der Waals surface area (Å²) in [6.45, 7) is 5.11. The molecule has 0 saturated carbocycles. The van der Waals surface area contributed by atoms with Crippen LogP contribution in [0.2, 0.25) is 0 Å². The fourth-order valence-corrected chi connectivity index (χ4v) is 1.47. The van der Waals surface area contributed by atoms with Gasteiger partial charge in [0.1, 0.15) is 12.7 Å². The van der Waals surface area contributed by atoms with Crippen LogP contribution >= 0.6 is 0 Å². The number of methoxy groups -OCH3 is 1. The van der Waals surface area contributed by atoms with Crippen LogP contribution in [0.4, 0.5) is 0 Å². The summed E-state index contributed by atoms with van der Waals surface area (Å²) in [5.74, 6) is 1.53. The SMILES string of the molecule is C=CCc1ccc(OCC2CO2)c(OC)c1. The van der Waals surface area contributed by atoms with Crippen molar-refractivity contribution in [3.05, 3.63) is 36.4 Å². The highest BCUT2D eigenvalue weighted by Crippen LogP contribution is 2.29. The van der Waals surface area contributed by atoms with Crippen molar-refractivity contribution in [2.45, 2.75) is 12.5 Å². The molecule has 1 aromatic rings. The fraction of sp³-hybridized carbons (Fsp3) is 0.385. The first-order chi connectivity index (χ1) is 7.83. The van der Waals surface area contributed by atoms with Gasteiger partial charge in [-0.1, -0.05) is 12.1 Å². The van der Waals surface area contributed by atoms with Gasteiger partial charge < -0.3 is 14.2 Å². The van der Waals surface area contributed by atoms with E-state index >= 15 is 0 Å². The Bertz CT molecular complexity index is 369. The van der Waals surface area contributed by atoms with Crippen LogP contribution in [0.1, 0.15) is 5.56 Å². The molecule has 2 rings (SSSR count). The van der Waals surface area contributed by atoms with Crippen LogP contribution in [0.5, 0.6) is 11.5 Å². The summed E-state index contributed by atoms with van der Waals surface area (Å²) in [5, 5.41) is 0. The smallest absolute Gasteiger partial charge is 0.161 e. The summed E-state index contributed by atoms with van der Waals surface area (Å²) >= 11 is 0. The minimum absolute atomic E-state index is 0.262. The highest BCUT2D eigenvalue weighted by molar-refractivity contribution is 5.43. The van der Waals surface area contributed by atoms with E-state index in [1.165, 1.54) is 5.56 Å². The maximum atomic E-state index is 5.61. The molecule has 16 heavy (non-hydrogen) atoms. The van der Waals surface area contributed by atoms with Crippen LogP contribution < -0.4 is 9.47 Å². The quantitative estimate of drug-likeness (QED) is 0.544. The third-order valence-electron chi connectivity index (χ3n) is 2.44. The van der Waals surface area contributed by atoms with Gasteiger partial charge in [-0.05, 0) is 24.1 Å². The van der Waals surface area contributed by atoms with Crippen molar-refractivity contribution >= 4 is 0 Å². The molecule has 3 nitrogen and oxygen atoms in total. The largest absolute Gasteiger partial charge is 0.493 e. The number of hydrogen-bond acceptors (Lipinski definition) is 3. The highest BCUT2D eigenvalue weighted by Gasteiger charge is 2.23. The van der Waals surface area contributed by atoms with Gasteiger partial charge in [-0.15, -0.1) is 6.58 Å². The molecule has 86 valence electrons. The summed E-state index contributed by atoms with van der Waals surface area (Å²) in [6.07, 6.45) is 2.97. The number of hydrogen-bond donors (Lipinski definition) is 0. The Hall–Kier alpha value is -1.48. The van der Waals surface area contributed by atoms with E-state index in [1.54, 1.807) is 7.11 Å². The third-order valence-corrected chi connectivity index (χ3v) is 2.44. The van der Waals surface area contributed by atoms with Crippen LogP contribution in [0, 0.1) is 0 Å². The summed E-state index contributed by atoms with van der Waals surface area (Å²) in [4.78, 5) is 0. The number of epoxide rings is 1. The predicted molar refractivity (Wildman–Crippen MR) is 62.1 cm³/mol. The Morgan fingerprint density at radius 2 is 2.31 bits per heavy atom. The average Bonchev–Trinajstić information content (AvgIpc) is 3.11. The molecule has 3 heteroatoms. The second-order valence-corrected chi connectivity index (χ2v) is 3.74. The monoisotopic (exact) mass is 220 g/mol. The van der Waals surface area contributed by atoms with Crippen molar-refractivity contribution in [2.75, 3.05) is 20.3 Å². The van der Waals surface area contributed by atoms with Gasteiger partial charge in [0.15, 0.2) is 11.5 Å². The van der Waals surface area contributed by atoms with Gasteiger partial charge >= 0.3 is 0 Å². The molecular weight excluding hydrogens is 204 g/mol. The molecule has 1 aliphatic heterocycles. The van der Waals surface area contributed by atoms with E-state index < -0.39 is 0 Å². The minimum atomic E-state index is 0.262. The van der Waals surface area contributed by atoms with E-state index in [0.29, 0.717) is 6.61 Å². The molecule has 0 aliphatic carbocycles. The zero-order chi connectivity index (χ0) is 11.4. The molecule has 0 spiro atoms. The maximum absolute atomic E-state index is 5.61. The standard InChI is InChI=1S/C13H16O3/c1-3-4-10-5-6-12(13(7-10)14-2)16-9-11-8-15-11/h3,5-7,11H,1,4,8-9H2,2H3. The predicted octanol–water partition coefficient (Wildman–Crippen LogP) is 2.20. The van der Waals surface area contributed by atoms with Crippen LogP contribution in [0.15, 0.2) is 30.9 Å². The van der Waals surface area contributed by atoms with Crippen molar-refractivity contribution in [1.29, 1.82) is 0 Å². The number of ether oxygens (including phenoxy) is 3. The molecule has 1 aliphatic rings. The average molecular weight is 220 g/mol. The van der Waals surface area contributed by atoms with E-state index in [0.717, 1.165) is 24.5 Å². The van der Waals surface area contributed by atoms with Crippen molar-refractivity contribution in [3.8, 4) is 11.5 Å². The Morgan fingerprint density at radius 1 is 1.50 bits per heavy atom. The number of rotatable bonds is 6. The highest BCUT2D eigenvalue weighted by atomic mass is 16.6. The Balaban J connectivity index is 2.06. The van der Waals surface area contributed by atoms with Gasteiger partial charge in [-0.25, -0.2) is 0 Å². The van der Waals surface area contributed by atoms with Crippen LogP contribution in [-0.2, 0) is 11.2 Å². The molecule has 1 heterocycles. The molecule has 0 aromatic heterocycles. The van der Waals surface area contributed by atoms with Gasteiger partial charge in [-0.3, -0.25) is 0 Å². The van der Waals surface area contributed by atoms with Crippen LogP contribution in [-0.4, -0.2) is 26.4 Å². The van der Waals surface area contributed by atoms with E-state index in [2.05, 4.69) is 6.58 Å². The van der Waals surface area contributed by atoms with Gasteiger partial charge in [0, 0.05) is 0 Å². The molecule has 0 amide bonds. The summed E-state index contributed by atoms with van der Waals surface area (Å²) < 4.78 is 16.0. The lowest BCUT2D eigenvalue weighted by atomic mass is 10.1. The minimum Gasteiger partial charge on any atom is -0.493 e. The molecule has 1 aromatic carbocycles. The van der Waals surface area contributed by atoms with Crippen molar-refractivity contribution in [2.24, 2.45) is 0 Å². The molecule has 0 radical (unpaired) electrons. The van der Waals surface area contributed by atoms with Gasteiger partial charge in [0.05, 0.1) is 13.7 Å². The van der Waals surface area contributed by atoms with Gasteiger partial charge in [0.25, 0.3) is 0 Å². The lowest BCUT2D eigenvalue weighted by Gasteiger charge is -2.10. The second-order valence-electron chi connectivity index (χ2n) is 3.74. The van der Waals surface area contributed by atoms with Crippen molar-refractivity contribution in [1.82, 2.24) is 0 Å². The second kappa shape index (κ2) is 5.03. The molecule has 0 bridgehead atoms. The lowest BCUT2D eigenvalue weighted by molar-refractivity contribution is 0.252. The summed E-state index contributed by atoms with van der Waals surface area (Å²) in [5.41, 5.74) is 1.17. The van der Waals surface area contributed by atoms with Crippen LogP contribution in [0.3, 0.4) is 0 Å². The molecular formula is C13H16O3. The normalized spacial score (nSPS) is 17.9. The van der Waals surface area contributed by atoms with Gasteiger partial charge in [0.2, 0.25) is 0 Å². The number of benzene rings is 1. The van der Waals surface area contributed by atoms with E-state index in [9.17, 15) is 0 Å². The van der Waals surface area contributed by atoms with Crippen molar-refractivity contribution in [3.63, 3.8) is 0 Å². The zero-order valence-corrected chi connectivity index (χ0v) is 9.44. The first kappa shape index (κ1) is 11.0. The first-order valence-electron chi connectivity index (χ1n) is 5.35. The Kier molecular flexibility index (Phi) is 3.47. The Labute approximate surface area is 95.6 Å². The molecule has 1 saturated heterocycles. The zero-order valence-electron chi connectivity index (χ0n) is 9.44. The molecule has 1 unspecified atom stereocenters. The summed E-state index contributed by atoms with van der Waals surface area (Å²) in [6, 6.07) is 5.93. The van der Waals surface area contributed by atoms with E-state index in [4.69, 9.17) is 14.2 Å². The summed E-state index contributed by atoms with van der Waals surface area (Å²) in [7, 11) is 1.65. The third kappa shape index (κ3) is 2.76. The maximum Gasteiger partial charge on any atom is 0.161 e. The Morgan fingerprint density at radius 3 is 2.94 bits per heavy atom. The first-order valence-corrected chi connectivity index (χ1v) is 5.35. The molecule has 1 fully saturated rings. The molecule has 1 atom stereocenters. The van der Waals surface area contributed by atoms with E-state index in [-0.39, 0.29) is 6.10 Å². The number of allylic oxidation sites excluding steroid dienone is 1. The van der Waals surface area contributed by atoms with Crippen LogP contribution in [0.25, 0.3) is 0 Å².